The van der Waals surface area contributed by atoms with Crippen LogP contribution in [0.15, 0.2) is 18.2 Å². The van der Waals surface area contributed by atoms with Gasteiger partial charge in [0.15, 0.2) is 0 Å². The third-order valence-corrected chi connectivity index (χ3v) is 3.10. The predicted molar refractivity (Wildman–Crippen MR) is 64.2 cm³/mol. The number of halogens is 2. The van der Waals surface area contributed by atoms with Crippen molar-refractivity contribution in [1.29, 1.82) is 0 Å². The van der Waals surface area contributed by atoms with E-state index in [0.717, 1.165) is 5.56 Å². The van der Waals surface area contributed by atoms with Gasteiger partial charge in [0.05, 0.1) is 0 Å². The van der Waals surface area contributed by atoms with E-state index in [2.05, 4.69) is 5.32 Å². The molecule has 1 unspecified atom stereocenters. The zero-order valence-corrected chi connectivity index (χ0v) is 10.4. The van der Waals surface area contributed by atoms with Crippen molar-refractivity contribution >= 4 is 23.2 Å². The molecular weight excluding hydrogens is 233 g/mol. The van der Waals surface area contributed by atoms with Crippen LogP contribution in [0.25, 0.3) is 0 Å². The van der Waals surface area contributed by atoms with Gasteiger partial charge in [0.2, 0.25) is 0 Å². The maximum atomic E-state index is 9.77. The second-order valence-electron chi connectivity index (χ2n) is 3.68. The van der Waals surface area contributed by atoms with Gasteiger partial charge in [0.1, 0.15) is 5.72 Å². The molecule has 0 aromatic heterocycles. The van der Waals surface area contributed by atoms with E-state index in [1.54, 1.807) is 25.1 Å². The molecule has 0 aliphatic rings. The predicted octanol–water partition coefficient (Wildman–Crippen LogP) is 3.20. The van der Waals surface area contributed by atoms with E-state index in [1.807, 2.05) is 6.92 Å². The van der Waals surface area contributed by atoms with Crippen LogP contribution in [0.4, 0.5) is 0 Å². The standard InChI is InChI=1S/C11H15Cl2NO/c1-3-11(2,15)14-7-8-9(12)5-4-6-10(8)13/h4-6,14-15H,3,7H2,1-2H3. The highest BCUT2D eigenvalue weighted by Gasteiger charge is 2.17. The zero-order chi connectivity index (χ0) is 11.5. The first-order valence-corrected chi connectivity index (χ1v) is 5.62. The van der Waals surface area contributed by atoms with Gasteiger partial charge in [-0.3, -0.25) is 5.32 Å². The molecule has 2 nitrogen and oxygen atoms in total. The third kappa shape index (κ3) is 3.65. The van der Waals surface area contributed by atoms with Gasteiger partial charge in [-0.25, -0.2) is 0 Å². The summed E-state index contributed by atoms with van der Waals surface area (Å²) >= 11 is 12.0. The first-order chi connectivity index (χ1) is 6.96. The number of hydrogen-bond acceptors (Lipinski definition) is 2. The molecule has 0 saturated carbocycles. The van der Waals surface area contributed by atoms with Gasteiger partial charge in [0, 0.05) is 22.2 Å². The average Bonchev–Trinajstić information content (AvgIpc) is 2.17. The summed E-state index contributed by atoms with van der Waals surface area (Å²) in [5.41, 5.74) is -0.0720. The summed E-state index contributed by atoms with van der Waals surface area (Å²) in [6.07, 6.45) is 0.620. The third-order valence-electron chi connectivity index (χ3n) is 2.40. The second-order valence-corrected chi connectivity index (χ2v) is 4.50. The Balaban J connectivity index is 2.73. The Morgan fingerprint density at radius 1 is 1.33 bits per heavy atom. The largest absolute Gasteiger partial charge is 0.376 e. The lowest BCUT2D eigenvalue weighted by Crippen LogP contribution is -2.40. The molecular formula is C11H15Cl2NO. The van der Waals surface area contributed by atoms with E-state index in [9.17, 15) is 5.11 Å². The Labute approximate surface area is 100 Å². The van der Waals surface area contributed by atoms with Crippen molar-refractivity contribution in [3.05, 3.63) is 33.8 Å². The Bertz CT molecular complexity index is 319. The number of aliphatic hydroxyl groups is 1. The van der Waals surface area contributed by atoms with E-state index in [4.69, 9.17) is 23.2 Å². The number of benzene rings is 1. The molecule has 0 amide bonds. The van der Waals surface area contributed by atoms with Crippen LogP contribution in [0.1, 0.15) is 25.8 Å². The molecule has 0 bridgehead atoms. The molecule has 0 spiro atoms. The summed E-state index contributed by atoms with van der Waals surface area (Å²) in [6, 6.07) is 5.36. The van der Waals surface area contributed by atoms with E-state index in [1.165, 1.54) is 0 Å². The van der Waals surface area contributed by atoms with Gasteiger partial charge in [0.25, 0.3) is 0 Å². The molecule has 84 valence electrons. The fourth-order valence-electron chi connectivity index (χ4n) is 1.11. The maximum absolute atomic E-state index is 9.77. The van der Waals surface area contributed by atoms with Gasteiger partial charge in [-0.15, -0.1) is 0 Å². The van der Waals surface area contributed by atoms with Crippen molar-refractivity contribution in [2.75, 3.05) is 0 Å². The van der Waals surface area contributed by atoms with Crippen molar-refractivity contribution in [1.82, 2.24) is 5.32 Å². The number of hydrogen-bond donors (Lipinski definition) is 2. The van der Waals surface area contributed by atoms with Crippen LogP contribution in [0.2, 0.25) is 10.0 Å². The van der Waals surface area contributed by atoms with Crippen molar-refractivity contribution < 1.29 is 5.11 Å². The summed E-state index contributed by atoms with van der Waals surface area (Å²) in [7, 11) is 0. The first kappa shape index (κ1) is 12.8. The quantitative estimate of drug-likeness (QED) is 0.802. The summed E-state index contributed by atoms with van der Waals surface area (Å²) in [5, 5.41) is 14.0. The molecule has 0 aliphatic carbocycles. The molecule has 0 aliphatic heterocycles. The Kier molecular flexibility index (Phi) is 4.41. The maximum Gasteiger partial charge on any atom is 0.113 e. The molecule has 0 heterocycles. The van der Waals surface area contributed by atoms with E-state index in [-0.39, 0.29) is 0 Å². The SMILES string of the molecule is CCC(C)(O)NCc1c(Cl)cccc1Cl. The van der Waals surface area contributed by atoms with E-state index in [0.29, 0.717) is 23.0 Å². The van der Waals surface area contributed by atoms with Crippen LogP contribution >= 0.6 is 23.2 Å². The average molecular weight is 248 g/mol. The van der Waals surface area contributed by atoms with Crippen molar-refractivity contribution in [2.24, 2.45) is 0 Å². The molecule has 1 aromatic rings. The minimum atomic E-state index is -0.886. The molecule has 4 heteroatoms. The van der Waals surface area contributed by atoms with Gasteiger partial charge >= 0.3 is 0 Å². The highest BCUT2D eigenvalue weighted by Crippen LogP contribution is 2.24. The fourth-order valence-corrected chi connectivity index (χ4v) is 1.64. The first-order valence-electron chi connectivity index (χ1n) is 4.86. The van der Waals surface area contributed by atoms with Gasteiger partial charge in [-0.2, -0.15) is 0 Å². The van der Waals surface area contributed by atoms with Gasteiger partial charge < -0.3 is 5.11 Å². The number of nitrogens with one attached hydrogen (secondary N) is 1. The molecule has 0 saturated heterocycles. The Hall–Kier alpha value is -0.280. The summed E-state index contributed by atoms with van der Waals surface area (Å²) in [4.78, 5) is 0. The molecule has 0 fully saturated rings. The van der Waals surface area contributed by atoms with Crippen molar-refractivity contribution in [3.8, 4) is 0 Å². The summed E-state index contributed by atoms with van der Waals surface area (Å²) in [5.74, 6) is 0. The van der Waals surface area contributed by atoms with Crippen LogP contribution in [0.3, 0.4) is 0 Å². The van der Waals surface area contributed by atoms with E-state index < -0.39 is 5.72 Å². The zero-order valence-electron chi connectivity index (χ0n) is 8.85. The lowest BCUT2D eigenvalue weighted by atomic mass is 10.1. The molecule has 0 radical (unpaired) electrons. The van der Waals surface area contributed by atoms with Crippen LogP contribution in [-0.2, 0) is 6.54 Å². The molecule has 2 N–H and O–H groups in total. The molecule has 1 aromatic carbocycles. The molecule has 1 rings (SSSR count). The van der Waals surface area contributed by atoms with Crippen LogP contribution in [0.5, 0.6) is 0 Å². The second kappa shape index (κ2) is 5.17. The van der Waals surface area contributed by atoms with Crippen molar-refractivity contribution in [3.63, 3.8) is 0 Å². The lowest BCUT2D eigenvalue weighted by molar-refractivity contribution is 0.0184. The van der Waals surface area contributed by atoms with Gasteiger partial charge in [-0.1, -0.05) is 36.2 Å². The Morgan fingerprint density at radius 2 is 1.87 bits per heavy atom. The Morgan fingerprint density at radius 3 is 2.33 bits per heavy atom. The monoisotopic (exact) mass is 247 g/mol. The lowest BCUT2D eigenvalue weighted by Gasteiger charge is -2.23. The highest BCUT2D eigenvalue weighted by molar-refractivity contribution is 6.35. The normalized spacial score (nSPS) is 15.0. The van der Waals surface area contributed by atoms with Crippen LogP contribution in [-0.4, -0.2) is 10.8 Å². The molecule has 15 heavy (non-hydrogen) atoms. The number of rotatable bonds is 4. The summed E-state index contributed by atoms with van der Waals surface area (Å²) in [6.45, 7) is 4.08. The minimum absolute atomic E-state index is 0.458. The van der Waals surface area contributed by atoms with Crippen LogP contribution in [0, 0.1) is 0 Å². The van der Waals surface area contributed by atoms with Crippen molar-refractivity contribution in [2.45, 2.75) is 32.5 Å². The fraction of sp³-hybridized carbons (Fsp3) is 0.455. The smallest absolute Gasteiger partial charge is 0.113 e. The minimum Gasteiger partial charge on any atom is -0.376 e. The van der Waals surface area contributed by atoms with Gasteiger partial charge in [-0.05, 0) is 25.5 Å². The topological polar surface area (TPSA) is 32.3 Å². The molecule has 1 atom stereocenters. The highest BCUT2D eigenvalue weighted by atomic mass is 35.5. The summed E-state index contributed by atoms with van der Waals surface area (Å²) < 4.78 is 0. The van der Waals surface area contributed by atoms with E-state index >= 15 is 0 Å². The van der Waals surface area contributed by atoms with Crippen LogP contribution < -0.4 is 5.32 Å².